The van der Waals surface area contributed by atoms with E-state index in [1.54, 1.807) is 0 Å². The topological polar surface area (TPSA) is 38.5 Å². The van der Waals surface area contributed by atoms with E-state index in [0.29, 0.717) is 0 Å². The minimum atomic E-state index is 0.0361. The number of imidazole rings is 1. The van der Waals surface area contributed by atoms with Crippen molar-refractivity contribution in [2.24, 2.45) is 7.05 Å². The molecular formula is C13H20N4S. The Balaban J connectivity index is 2.71. The van der Waals surface area contributed by atoms with Crippen LogP contribution in [-0.2, 0) is 18.9 Å². The fraction of sp³-hybridized carbons (Fsp3) is 0.538. The third-order valence-corrected chi connectivity index (χ3v) is 3.30. The molecule has 18 heavy (non-hydrogen) atoms. The van der Waals surface area contributed by atoms with E-state index in [4.69, 9.17) is 12.2 Å². The Morgan fingerprint density at radius 3 is 2.61 bits per heavy atom. The van der Waals surface area contributed by atoms with Gasteiger partial charge in [-0.1, -0.05) is 27.7 Å². The molecule has 0 radical (unpaired) electrons. The molecule has 98 valence electrons. The van der Waals surface area contributed by atoms with Crippen LogP contribution in [0.4, 0.5) is 0 Å². The highest BCUT2D eigenvalue weighted by Gasteiger charge is 2.22. The molecule has 0 aromatic carbocycles. The van der Waals surface area contributed by atoms with E-state index in [1.807, 2.05) is 24.1 Å². The van der Waals surface area contributed by atoms with Crippen molar-refractivity contribution < 1.29 is 0 Å². The molecule has 2 rings (SSSR count). The summed E-state index contributed by atoms with van der Waals surface area (Å²) in [5.41, 5.74) is 3.36. The zero-order valence-corrected chi connectivity index (χ0v) is 12.4. The Hall–Kier alpha value is -1.36. The summed E-state index contributed by atoms with van der Waals surface area (Å²) in [4.78, 5) is 3.14. The molecule has 0 saturated carbocycles. The Morgan fingerprint density at radius 2 is 2.06 bits per heavy atom. The minimum Gasteiger partial charge on any atom is -0.337 e. The van der Waals surface area contributed by atoms with Gasteiger partial charge in [0.05, 0.1) is 11.4 Å². The SMILES string of the molecule is CCc1nn(C)cc1-n1c(C(C)(C)C)c[nH]c1=S. The number of aromatic amines is 1. The second-order valence-corrected chi connectivity index (χ2v) is 5.94. The maximum Gasteiger partial charge on any atom is 0.182 e. The van der Waals surface area contributed by atoms with Gasteiger partial charge in [-0.15, -0.1) is 0 Å². The Morgan fingerprint density at radius 1 is 1.39 bits per heavy atom. The molecule has 0 aliphatic rings. The minimum absolute atomic E-state index is 0.0361. The van der Waals surface area contributed by atoms with Crippen LogP contribution < -0.4 is 0 Å². The van der Waals surface area contributed by atoms with E-state index < -0.39 is 0 Å². The summed E-state index contributed by atoms with van der Waals surface area (Å²) in [5.74, 6) is 0. The summed E-state index contributed by atoms with van der Waals surface area (Å²) in [5, 5.41) is 4.49. The first-order valence-electron chi connectivity index (χ1n) is 6.18. The molecule has 0 unspecified atom stereocenters. The second kappa shape index (κ2) is 4.39. The van der Waals surface area contributed by atoms with Crippen LogP contribution in [0.15, 0.2) is 12.4 Å². The second-order valence-electron chi connectivity index (χ2n) is 5.55. The molecule has 0 spiro atoms. The van der Waals surface area contributed by atoms with E-state index >= 15 is 0 Å². The summed E-state index contributed by atoms with van der Waals surface area (Å²) in [7, 11) is 1.94. The summed E-state index contributed by atoms with van der Waals surface area (Å²) in [6, 6.07) is 0. The van der Waals surface area contributed by atoms with Crippen LogP contribution in [0, 0.1) is 4.77 Å². The van der Waals surface area contributed by atoms with Crippen molar-refractivity contribution in [1.29, 1.82) is 0 Å². The van der Waals surface area contributed by atoms with Gasteiger partial charge in [-0.05, 0) is 18.6 Å². The highest BCUT2D eigenvalue weighted by molar-refractivity contribution is 7.71. The van der Waals surface area contributed by atoms with Crippen molar-refractivity contribution in [3.05, 3.63) is 28.6 Å². The quantitative estimate of drug-likeness (QED) is 0.846. The lowest BCUT2D eigenvalue weighted by atomic mass is 9.92. The normalized spacial score (nSPS) is 12.1. The molecule has 0 aliphatic carbocycles. The van der Waals surface area contributed by atoms with Gasteiger partial charge in [-0.3, -0.25) is 9.25 Å². The first-order chi connectivity index (χ1) is 8.34. The largest absolute Gasteiger partial charge is 0.337 e. The number of nitrogens with zero attached hydrogens (tertiary/aromatic N) is 3. The Bertz CT molecular complexity index is 610. The monoisotopic (exact) mass is 264 g/mol. The van der Waals surface area contributed by atoms with Crippen molar-refractivity contribution in [3.8, 4) is 5.69 Å². The van der Waals surface area contributed by atoms with Gasteiger partial charge in [0, 0.05) is 30.6 Å². The highest BCUT2D eigenvalue weighted by Crippen LogP contribution is 2.26. The average Bonchev–Trinajstić information content (AvgIpc) is 2.80. The summed E-state index contributed by atoms with van der Waals surface area (Å²) in [6.07, 6.45) is 4.92. The van der Waals surface area contributed by atoms with Gasteiger partial charge in [0.25, 0.3) is 0 Å². The molecule has 0 bridgehead atoms. The molecule has 0 saturated heterocycles. The summed E-state index contributed by atoms with van der Waals surface area (Å²) in [6.45, 7) is 8.66. The number of aromatic nitrogens is 4. The summed E-state index contributed by atoms with van der Waals surface area (Å²) >= 11 is 5.41. The van der Waals surface area contributed by atoms with Crippen LogP contribution in [0.1, 0.15) is 39.1 Å². The van der Waals surface area contributed by atoms with Crippen LogP contribution in [0.25, 0.3) is 5.69 Å². The van der Waals surface area contributed by atoms with Gasteiger partial charge in [-0.2, -0.15) is 5.10 Å². The molecule has 0 aliphatic heterocycles. The lowest BCUT2D eigenvalue weighted by Gasteiger charge is -2.20. The van der Waals surface area contributed by atoms with Crippen LogP contribution in [0.5, 0.6) is 0 Å². The maximum absolute atomic E-state index is 5.41. The van der Waals surface area contributed by atoms with Crippen molar-refractivity contribution in [3.63, 3.8) is 0 Å². The Kier molecular flexibility index (Phi) is 3.19. The molecule has 0 fully saturated rings. The van der Waals surface area contributed by atoms with E-state index in [1.165, 1.54) is 5.69 Å². The number of hydrogen-bond donors (Lipinski definition) is 1. The molecular weight excluding hydrogens is 244 g/mol. The first kappa shape index (κ1) is 13.1. The van der Waals surface area contributed by atoms with Gasteiger partial charge >= 0.3 is 0 Å². The molecule has 5 heteroatoms. The molecule has 2 aromatic heterocycles. The number of rotatable bonds is 2. The van der Waals surface area contributed by atoms with Crippen molar-refractivity contribution in [1.82, 2.24) is 19.3 Å². The first-order valence-corrected chi connectivity index (χ1v) is 6.59. The molecule has 2 aromatic rings. The molecule has 0 amide bonds. The van der Waals surface area contributed by atoms with Crippen LogP contribution in [0.2, 0.25) is 0 Å². The van der Waals surface area contributed by atoms with E-state index in [-0.39, 0.29) is 5.41 Å². The maximum atomic E-state index is 5.41. The van der Waals surface area contributed by atoms with Gasteiger partial charge in [0.15, 0.2) is 4.77 Å². The standard InChI is InChI=1S/C13H20N4S/c1-6-9-10(8-16(5)15-9)17-11(13(2,3)4)7-14-12(17)18/h7-8H,6H2,1-5H3,(H,14,18). The van der Waals surface area contributed by atoms with Crippen LogP contribution in [0.3, 0.4) is 0 Å². The summed E-state index contributed by atoms with van der Waals surface area (Å²) < 4.78 is 4.67. The van der Waals surface area contributed by atoms with Gasteiger partial charge in [0.1, 0.15) is 0 Å². The fourth-order valence-corrected chi connectivity index (χ4v) is 2.38. The predicted molar refractivity (Wildman–Crippen MR) is 75.8 cm³/mol. The van der Waals surface area contributed by atoms with Gasteiger partial charge < -0.3 is 4.98 Å². The molecule has 1 N–H and O–H groups in total. The third-order valence-electron chi connectivity index (χ3n) is 3.00. The highest BCUT2D eigenvalue weighted by atomic mass is 32.1. The van der Waals surface area contributed by atoms with E-state index in [9.17, 15) is 0 Å². The Labute approximate surface area is 113 Å². The van der Waals surface area contributed by atoms with Crippen molar-refractivity contribution in [2.75, 3.05) is 0 Å². The van der Waals surface area contributed by atoms with Gasteiger partial charge in [-0.25, -0.2) is 0 Å². The number of aryl methyl sites for hydroxylation is 2. The third kappa shape index (κ3) is 2.14. The zero-order valence-electron chi connectivity index (χ0n) is 11.6. The van der Waals surface area contributed by atoms with Gasteiger partial charge in [0.2, 0.25) is 0 Å². The van der Waals surface area contributed by atoms with E-state index in [0.717, 1.165) is 22.6 Å². The number of nitrogens with one attached hydrogen (secondary N) is 1. The zero-order chi connectivity index (χ0) is 13.5. The fourth-order valence-electron chi connectivity index (χ4n) is 2.12. The average molecular weight is 264 g/mol. The molecule has 2 heterocycles. The van der Waals surface area contributed by atoms with E-state index in [2.05, 4.69) is 42.3 Å². The lowest BCUT2D eigenvalue weighted by molar-refractivity contribution is 0.555. The molecule has 4 nitrogen and oxygen atoms in total. The van der Waals surface area contributed by atoms with Crippen LogP contribution in [-0.4, -0.2) is 19.3 Å². The predicted octanol–water partition coefficient (Wildman–Crippen LogP) is 3.13. The van der Waals surface area contributed by atoms with Crippen LogP contribution >= 0.6 is 12.2 Å². The smallest absolute Gasteiger partial charge is 0.182 e. The molecule has 0 atom stereocenters. The number of H-pyrrole nitrogens is 1. The van der Waals surface area contributed by atoms with Crippen molar-refractivity contribution >= 4 is 12.2 Å². The van der Waals surface area contributed by atoms with Crippen molar-refractivity contribution in [2.45, 2.75) is 39.5 Å². The lowest BCUT2D eigenvalue weighted by Crippen LogP contribution is -2.17. The number of hydrogen-bond acceptors (Lipinski definition) is 2.